The van der Waals surface area contributed by atoms with E-state index in [4.69, 9.17) is 15.7 Å². The predicted molar refractivity (Wildman–Crippen MR) is 75.4 cm³/mol. The number of nitrogens with zero attached hydrogens (tertiary/aromatic N) is 2. The monoisotopic (exact) mass is 263 g/mol. The number of thioether (sulfide) groups is 1. The Balaban J connectivity index is 2.46. The third-order valence-corrected chi connectivity index (χ3v) is 3.10. The van der Waals surface area contributed by atoms with Gasteiger partial charge >= 0.3 is 0 Å². The van der Waals surface area contributed by atoms with E-state index in [1.54, 1.807) is 19.2 Å². The zero-order valence-electron chi connectivity index (χ0n) is 10.6. The second-order valence-electron chi connectivity index (χ2n) is 3.87. The summed E-state index contributed by atoms with van der Waals surface area (Å²) in [5, 5.41) is 9.25. The van der Waals surface area contributed by atoms with Crippen LogP contribution in [0.2, 0.25) is 0 Å². The Bertz CT molecular complexity index is 437. The van der Waals surface area contributed by atoms with Crippen LogP contribution in [-0.4, -0.2) is 24.9 Å². The van der Waals surface area contributed by atoms with Crippen molar-refractivity contribution in [1.29, 1.82) is 5.26 Å². The summed E-state index contributed by atoms with van der Waals surface area (Å²) in [5.74, 6) is 0.751. The molecule has 1 atom stereocenters. The van der Waals surface area contributed by atoms with Gasteiger partial charge in [0.15, 0.2) is 5.17 Å². The fraction of sp³-hybridized carbons (Fsp3) is 0.385. The zero-order chi connectivity index (χ0) is 13.4. The molecule has 1 rings (SSSR count). The number of benzene rings is 1. The maximum absolute atomic E-state index is 8.69. The Labute approximate surface area is 112 Å². The Morgan fingerprint density at radius 3 is 2.72 bits per heavy atom. The third kappa shape index (κ3) is 5.21. The van der Waals surface area contributed by atoms with E-state index in [1.807, 2.05) is 19.1 Å². The first-order valence-electron chi connectivity index (χ1n) is 5.59. The summed E-state index contributed by atoms with van der Waals surface area (Å²) in [5.41, 5.74) is 7.60. The Morgan fingerprint density at radius 1 is 1.50 bits per heavy atom. The van der Waals surface area contributed by atoms with Gasteiger partial charge in [0.1, 0.15) is 0 Å². The van der Waals surface area contributed by atoms with Crippen LogP contribution in [0.3, 0.4) is 0 Å². The molecule has 0 aliphatic heterocycles. The van der Waals surface area contributed by atoms with E-state index in [-0.39, 0.29) is 6.04 Å². The Morgan fingerprint density at radius 2 is 2.17 bits per heavy atom. The largest absolute Gasteiger partial charge is 0.382 e. The van der Waals surface area contributed by atoms with Gasteiger partial charge in [-0.15, -0.1) is 0 Å². The number of amidine groups is 1. The molecule has 0 amide bonds. The molecule has 4 nitrogen and oxygen atoms in total. The Hall–Kier alpha value is -1.51. The minimum Gasteiger partial charge on any atom is -0.382 e. The molecule has 0 heterocycles. The van der Waals surface area contributed by atoms with Crippen LogP contribution in [0.25, 0.3) is 0 Å². The highest BCUT2D eigenvalue weighted by molar-refractivity contribution is 8.13. The van der Waals surface area contributed by atoms with Gasteiger partial charge in [-0.05, 0) is 24.6 Å². The van der Waals surface area contributed by atoms with E-state index in [1.165, 1.54) is 11.8 Å². The van der Waals surface area contributed by atoms with E-state index in [0.717, 1.165) is 11.3 Å². The summed E-state index contributed by atoms with van der Waals surface area (Å²) in [6, 6.07) is 9.62. The average Bonchev–Trinajstić information content (AvgIpc) is 2.37. The van der Waals surface area contributed by atoms with Crippen LogP contribution in [0.4, 0.5) is 0 Å². The zero-order valence-corrected chi connectivity index (χ0v) is 11.4. The maximum Gasteiger partial charge on any atom is 0.154 e. The minimum absolute atomic E-state index is 0.0727. The quantitative estimate of drug-likeness (QED) is 0.652. The number of aliphatic imine (C=N–C) groups is 1. The van der Waals surface area contributed by atoms with Crippen molar-refractivity contribution in [2.75, 3.05) is 13.7 Å². The van der Waals surface area contributed by atoms with Crippen molar-refractivity contribution in [3.05, 3.63) is 35.4 Å². The molecule has 0 aliphatic rings. The van der Waals surface area contributed by atoms with Gasteiger partial charge in [0.2, 0.25) is 0 Å². The smallest absolute Gasteiger partial charge is 0.154 e. The van der Waals surface area contributed by atoms with E-state index in [2.05, 4.69) is 11.1 Å². The second-order valence-corrected chi connectivity index (χ2v) is 4.86. The molecule has 0 saturated carbocycles. The summed E-state index contributed by atoms with van der Waals surface area (Å²) in [4.78, 5) is 4.30. The maximum atomic E-state index is 8.69. The molecule has 0 aliphatic carbocycles. The fourth-order valence-corrected chi connectivity index (χ4v) is 2.13. The van der Waals surface area contributed by atoms with Gasteiger partial charge in [0, 0.05) is 12.9 Å². The summed E-state index contributed by atoms with van der Waals surface area (Å²) in [6.07, 6.45) is 0. The molecule has 1 aromatic carbocycles. The highest BCUT2D eigenvalue weighted by atomic mass is 32.2. The van der Waals surface area contributed by atoms with Gasteiger partial charge in [0.05, 0.1) is 24.3 Å². The van der Waals surface area contributed by atoms with Gasteiger partial charge in [-0.25, -0.2) is 0 Å². The summed E-state index contributed by atoms with van der Waals surface area (Å²) in [7, 11) is 1.64. The van der Waals surface area contributed by atoms with Crippen LogP contribution in [0.1, 0.15) is 18.1 Å². The molecule has 0 fully saturated rings. The predicted octanol–water partition coefficient (Wildman–Crippen LogP) is 2.14. The number of rotatable bonds is 5. The van der Waals surface area contributed by atoms with Crippen molar-refractivity contribution in [2.45, 2.75) is 18.7 Å². The first-order valence-corrected chi connectivity index (χ1v) is 6.58. The Kier molecular flexibility index (Phi) is 6.26. The molecule has 0 spiro atoms. The lowest BCUT2D eigenvalue weighted by Crippen LogP contribution is -2.15. The summed E-state index contributed by atoms with van der Waals surface area (Å²) >= 11 is 1.49. The molecule has 18 heavy (non-hydrogen) atoms. The molecular formula is C13H17N3OS. The molecule has 0 radical (unpaired) electrons. The molecule has 2 N–H and O–H groups in total. The molecular weight excluding hydrogens is 246 g/mol. The molecule has 0 unspecified atom stereocenters. The summed E-state index contributed by atoms with van der Waals surface area (Å²) < 4.78 is 4.99. The van der Waals surface area contributed by atoms with Gasteiger partial charge < -0.3 is 10.5 Å². The highest BCUT2D eigenvalue weighted by Crippen LogP contribution is 2.13. The van der Waals surface area contributed by atoms with Crippen LogP contribution >= 0.6 is 11.8 Å². The van der Waals surface area contributed by atoms with E-state index in [0.29, 0.717) is 17.3 Å². The lowest BCUT2D eigenvalue weighted by Gasteiger charge is -2.06. The van der Waals surface area contributed by atoms with Crippen LogP contribution in [0, 0.1) is 11.3 Å². The number of hydrogen-bond acceptors (Lipinski definition) is 4. The minimum atomic E-state index is 0.0727. The molecule has 1 aromatic rings. The number of hydrogen-bond donors (Lipinski definition) is 1. The lowest BCUT2D eigenvalue weighted by molar-refractivity contribution is 0.186. The van der Waals surface area contributed by atoms with Crippen molar-refractivity contribution >= 4 is 16.9 Å². The molecule has 0 bridgehead atoms. The normalized spacial score (nSPS) is 13.1. The first kappa shape index (κ1) is 14.6. The number of nitriles is 1. The van der Waals surface area contributed by atoms with Crippen molar-refractivity contribution in [3.63, 3.8) is 0 Å². The number of methoxy groups -OCH3 is 1. The fourth-order valence-electron chi connectivity index (χ4n) is 1.37. The number of nitrogens with two attached hydrogens (primary N) is 1. The second kappa shape index (κ2) is 7.75. The van der Waals surface area contributed by atoms with E-state index < -0.39 is 0 Å². The molecule has 5 heteroatoms. The van der Waals surface area contributed by atoms with Crippen molar-refractivity contribution in [2.24, 2.45) is 10.7 Å². The van der Waals surface area contributed by atoms with Crippen LogP contribution < -0.4 is 5.73 Å². The lowest BCUT2D eigenvalue weighted by atomic mass is 10.2. The topological polar surface area (TPSA) is 71.4 Å². The molecule has 0 saturated heterocycles. The van der Waals surface area contributed by atoms with Crippen molar-refractivity contribution < 1.29 is 4.74 Å². The van der Waals surface area contributed by atoms with Crippen LogP contribution in [-0.2, 0) is 10.5 Å². The van der Waals surface area contributed by atoms with Crippen LogP contribution in [0.5, 0.6) is 0 Å². The van der Waals surface area contributed by atoms with Gasteiger partial charge in [-0.1, -0.05) is 23.9 Å². The molecule has 96 valence electrons. The number of ether oxygens (including phenoxy) is 1. The van der Waals surface area contributed by atoms with Crippen LogP contribution in [0.15, 0.2) is 29.3 Å². The third-order valence-electron chi connectivity index (χ3n) is 2.23. The first-order chi connectivity index (χ1) is 8.65. The standard InChI is InChI=1S/C13H17N3OS/c1-10(8-17-2)16-13(15)18-9-12-5-3-11(7-14)4-6-12/h3-6,10H,8-9H2,1-2H3,(H2,15,16)/t10-/m0/s1. The highest BCUT2D eigenvalue weighted by Gasteiger charge is 2.01. The average molecular weight is 263 g/mol. The van der Waals surface area contributed by atoms with Gasteiger partial charge in [-0.2, -0.15) is 5.26 Å². The van der Waals surface area contributed by atoms with Crippen molar-refractivity contribution in [1.82, 2.24) is 0 Å². The van der Waals surface area contributed by atoms with E-state index in [9.17, 15) is 0 Å². The SMILES string of the molecule is COC[C@H](C)N=C(N)SCc1ccc(C#N)cc1. The van der Waals surface area contributed by atoms with Gasteiger partial charge in [-0.3, -0.25) is 4.99 Å². The molecule has 0 aromatic heterocycles. The van der Waals surface area contributed by atoms with Crippen molar-refractivity contribution in [3.8, 4) is 6.07 Å². The van der Waals surface area contributed by atoms with Gasteiger partial charge in [0.25, 0.3) is 0 Å². The summed E-state index contributed by atoms with van der Waals surface area (Å²) in [6.45, 7) is 2.52. The van der Waals surface area contributed by atoms with E-state index >= 15 is 0 Å².